The summed E-state index contributed by atoms with van der Waals surface area (Å²) in [5.41, 5.74) is 11.8. The lowest BCUT2D eigenvalue weighted by atomic mass is 9.87. The van der Waals surface area contributed by atoms with Crippen LogP contribution in [0.5, 0.6) is 5.75 Å². The van der Waals surface area contributed by atoms with Gasteiger partial charge >= 0.3 is 0 Å². The molecule has 0 aromatic heterocycles. The molecule has 2 unspecified atom stereocenters. The fraction of sp³-hybridized carbons (Fsp3) is 0.0476. The van der Waals surface area contributed by atoms with Gasteiger partial charge in [-0.1, -0.05) is 127 Å². The number of ether oxygens (including phenoxy) is 1. The van der Waals surface area contributed by atoms with Gasteiger partial charge < -0.3 is 9.64 Å². The van der Waals surface area contributed by atoms with Crippen LogP contribution in [0.3, 0.4) is 0 Å². The van der Waals surface area contributed by atoms with Crippen LogP contribution in [0.4, 0.5) is 17.1 Å². The number of nitrogens with zero attached hydrogens (tertiary/aromatic N) is 1. The van der Waals surface area contributed by atoms with Gasteiger partial charge in [-0.25, -0.2) is 0 Å². The predicted octanol–water partition coefficient (Wildman–Crippen LogP) is 11.0. The number of anilines is 3. The Balaban J connectivity index is 1.12. The number of hydrogen-bond acceptors (Lipinski definition) is 2. The molecule has 2 heteroatoms. The highest BCUT2D eigenvalue weighted by molar-refractivity contribution is 5.82. The normalized spacial score (nSPS) is 16.4. The molecule has 2 nitrogen and oxygen atoms in total. The molecule has 2 atom stereocenters. The van der Waals surface area contributed by atoms with Crippen LogP contribution in [0.25, 0.3) is 27.8 Å². The standard InChI is InChI=1S/C42H31NO/c1-3-9-30(10-4-1)32-15-22-36(23-16-32)43(37-24-17-33(18-25-37)31-11-5-2-6-12-31)38-26-19-34(20-27-38)35-21-28-40-39-13-7-8-14-41(39)44-42(40)29-35/h1-29,40,42H. The van der Waals surface area contributed by atoms with Gasteiger partial charge in [0.25, 0.3) is 0 Å². The number of hydrogen-bond donors (Lipinski definition) is 0. The van der Waals surface area contributed by atoms with Crippen LogP contribution >= 0.6 is 0 Å². The lowest BCUT2D eigenvalue weighted by molar-refractivity contribution is 0.269. The van der Waals surface area contributed by atoms with E-state index in [0.717, 1.165) is 22.8 Å². The maximum Gasteiger partial charge on any atom is 0.128 e. The molecule has 2 aliphatic rings. The van der Waals surface area contributed by atoms with E-state index >= 15 is 0 Å². The molecule has 8 rings (SSSR count). The quantitative estimate of drug-likeness (QED) is 0.199. The van der Waals surface area contributed by atoms with Gasteiger partial charge in [-0.15, -0.1) is 0 Å². The zero-order valence-electron chi connectivity index (χ0n) is 24.3. The maximum absolute atomic E-state index is 6.29. The third-order valence-electron chi connectivity index (χ3n) is 8.65. The Bertz CT molecular complexity index is 1870. The van der Waals surface area contributed by atoms with Gasteiger partial charge in [0.1, 0.15) is 11.9 Å². The third-order valence-corrected chi connectivity index (χ3v) is 8.65. The Kier molecular flexibility index (Phi) is 6.66. The second-order valence-corrected chi connectivity index (χ2v) is 11.3. The summed E-state index contributed by atoms with van der Waals surface area (Å²) >= 11 is 0. The monoisotopic (exact) mass is 565 g/mol. The van der Waals surface area contributed by atoms with E-state index in [1.165, 1.54) is 39.0 Å². The summed E-state index contributed by atoms with van der Waals surface area (Å²) in [5.74, 6) is 1.27. The van der Waals surface area contributed by atoms with Crippen molar-refractivity contribution in [3.63, 3.8) is 0 Å². The van der Waals surface area contributed by atoms with Crippen molar-refractivity contribution >= 4 is 22.6 Å². The molecule has 0 fully saturated rings. The number of para-hydroxylation sites is 1. The van der Waals surface area contributed by atoms with E-state index in [-0.39, 0.29) is 12.0 Å². The van der Waals surface area contributed by atoms with Crippen molar-refractivity contribution in [1.29, 1.82) is 0 Å². The Labute approximate surface area is 258 Å². The highest BCUT2D eigenvalue weighted by atomic mass is 16.5. The zero-order valence-corrected chi connectivity index (χ0v) is 24.3. The molecule has 44 heavy (non-hydrogen) atoms. The fourth-order valence-electron chi connectivity index (χ4n) is 6.36. The van der Waals surface area contributed by atoms with Gasteiger partial charge in [0.05, 0.1) is 0 Å². The van der Waals surface area contributed by atoms with Gasteiger partial charge in [0, 0.05) is 28.5 Å². The summed E-state index contributed by atoms with van der Waals surface area (Å²) in [4.78, 5) is 2.32. The van der Waals surface area contributed by atoms with Gasteiger partial charge in [-0.05, 0) is 81.9 Å². The number of fused-ring (bicyclic) bond motifs is 3. The molecule has 0 spiro atoms. The lowest BCUT2D eigenvalue weighted by Gasteiger charge is -2.26. The van der Waals surface area contributed by atoms with Gasteiger partial charge in [-0.3, -0.25) is 0 Å². The minimum atomic E-state index is 0.0369. The van der Waals surface area contributed by atoms with Crippen LogP contribution in [-0.4, -0.2) is 6.10 Å². The molecule has 0 bridgehead atoms. The summed E-state index contributed by atoms with van der Waals surface area (Å²) in [7, 11) is 0. The van der Waals surface area contributed by atoms with Crippen molar-refractivity contribution in [3.05, 3.63) is 187 Å². The molecule has 1 aliphatic heterocycles. The van der Waals surface area contributed by atoms with Crippen LogP contribution in [-0.2, 0) is 0 Å². The van der Waals surface area contributed by atoms with Crippen molar-refractivity contribution in [2.45, 2.75) is 12.0 Å². The number of allylic oxidation sites excluding steroid dienone is 2. The van der Waals surface area contributed by atoms with E-state index in [4.69, 9.17) is 4.74 Å². The Morgan fingerprint density at radius 2 is 0.886 bits per heavy atom. The molecule has 6 aromatic carbocycles. The second-order valence-electron chi connectivity index (χ2n) is 11.3. The van der Waals surface area contributed by atoms with Gasteiger partial charge in [-0.2, -0.15) is 0 Å². The topological polar surface area (TPSA) is 12.5 Å². The summed E-state index contributed by atoms with van der Waals surface area (Å²) in [6, 6.07) is 56.0. The average Bonchev–Trinajstić information content (AvgIpc) is 3.48. The summed E-state index contributed by atoms with van der Waals surface area (Å²) in [5, 5.41) is 0. The summed E-state index contributed by atoms with van der Waals surface area (Å²) in [6.07, 6.45) is 6.83. The van der Waals surface area contributed by atoms with E-state index in [2.05, 4.69) is 175 Å². The highest BCUT2D eigenvalue weighted by Crippen LogP contribution is 2.43. The molecular weight excluding hydrogens is 534 g/mol. The van der Waals surface area contributed by atoms with E-state index in [0.29, 0.717) is 0 Å². The first-order valence-corrected chi connectivity index (χ1v) is 15.2. The molecule has 210 valence electrons. The average molecular weight is 566 g/mol. The fourth-order valence-corrected chi connectivity index (χ4v) is 6.36. The van der Waals surface area contributed by atoms with Crippen LogP contribution in [0.1, 0.15) is 17.0 Å². The third kappa shape index (κ3) is 4.91. The first kappa shape index (κ1) is 26.1. The number of rotatable bonds is 6. The molecule has 0 radical (unpaired) electrons. The predicted molar refractivity (Wildman–Crippen MR) is 183 cm³/mol. The molecule has 6 aromatic rings. The van der Waals surface area contributed by atoms with Crippen molar-refractivity contribution < 1.29 is 4.74 Å². The van der Waals surface area contributed by atoms with E-state index in [1.807, 2.05) is 6.07 Å². The van der Waals surface area contributed by atoms with Crippen molar-refractivity contribution in [2.24, 2.45) is 0 Å². The summed E-state index contributed by atoms with van der Waals surface area (Å²) < 4.78 is 6.29. The van der Waals surface area contributed by atoms with Crippen LogP contribution in [0, 0.1) is 0 Å². The van der Waals surface area contributed by atoms with E-state index in [9.17, 15) is 0 Å². The molecule has 0 amide bonds. The van der Waals surface area contributed by atoms with Crippen molar-refractivity contribution in [3.8, 4) is 28.0 Å². The van der Waals surface area contributed by atoms with Gasteiger partial charge in [0.2, 0.25) is 0 Å². The summed E-state index contributed by atoms with van der Waals surface area (Å²) in [6.45, 7) is 0. The molecule has 0 saturated heterocycles. The minimum absolute atomic E-state index is 0.0369. The first-order valence-electron chi connectivity index (χ1n) is 15.2. The number of benzene rings is 6. The van der Waals surface area contributed by atoms with E-state index < -0.39 is 0 Å². The Hall–Kier alpha value is -5.60. The molecule has 0 saturated carbocycles. The first-order chi connectivity index (χ1) is 21.8. The van der Waals surface area contributed by atoms with Crippen LogP contribution < -0.4 is 9.64 Å². The largest absolute Gasteiger partial charge is 0.485 e. The van der Waals surface area contributed by atoms with Gasteiger partial charge in [0.15, 0.2) is 0 Å². The maximum atomic E-state index is 6.29. The van der Waals surface area contributed by atoms with Crippen LogP contribution in [0.15, 0.2) is 176 Å². The Morgan fingerprint density at radius 1 is 0.432 bits per heavy atom. The lowest BCUT2D eigenvalue weighted by Crippen LogP contribution is -2.17. The highest BCUT2D eigenvalue weighted by Gasteiger charge is 2.33. The molecule has 1 heterocycles. The van der Waals surface area contributed by atoms with E-state index in [1.54, 1.807) is 0 Å². The SMILES string of the molecule is C1=CC2c3ccccc3OC2C=C1c1ccc(N(c2ccc(-c3ccccc3)cc2)c2ccc(-c3ccccc3)cc2)cc1. The minimum Gasteiger partial charge on any atom is -0.485 e. The van der Waals surface area contributed by atoms with Crippen molar-refractivity contribution in [1.82, 2.24) is 0 Å². The Morgan fingerprint density at radius 3 is 1.43 bits per heavy atom. The smallest absolute Gasteiger partial charge is 0.128 e. The molecule has 0 N–H and O–H groups in total. The molecular formula is C42H31NO. The van der Waals surface area contributed by atoms with Crippen LogP contribution in [0.2, 0.25) is 0 Å². The zero-order chi connectivity index (χ0) is 29.3. The second kappa shape index (κ2) is 11.2. The molecule has 1 aliphatic carbocycles. The van der Waals surface area contributed by atoms with Crippen molar-refractivity contribution in [2.75, 3.05) is 4.90 Å².